The van der Waals surface area contributed by atoms with Gasteiger partial charge in [0.15, 0.2) is 0 Å². The molecule has 2 unspecified atom stereocenters. The molecule has 3 heterocycles. The Bertz CT molecular complexity index is 790. The van der Waals surface area contributed by atoms with Crippen LogP contribution in [0.3, 0.4) is 0 Å². The van der Waals surface area contributed by atoms with Gasteiger partial charge in [0.25, 0.3) is 0 Å². The Morgan fingerprint density at radius 1 is 1.30 bits per heavy atom. The number of fused-ring (bicyclic) bond motifs is 3. The fourth-order valence-corrected chi connectivity index (χ4v) is 6.21. The third kappa shape index (κ3) is 2.03. The van der Waals surface area contributed by atoms with E-state index in [0.29, 0.717) is 11.3 Å². The summed E-state index contributed by atoms with van der Waals surface area (Å²) in [6.45, 7) is 9.29. The highest BCUT2D eigenvalue weighted by Crippen LogP contribution is 2.62. The van der Waals surface area contributed by atoms with E-state index in [2.05, 4.69) is 57.0 Å². The summed E-state index contributed by atoms with van der Waals surface area (Å²) in [5.41, 5.74) is 4.47. The molecule has 2 aromatic rings. The molecule has 23 heavy (non-hydrogen) atoms. The Kier molecular flexibility index (Phi) is 3.07. The van der Waals surface area contributed by atoms with Crippen LogP contribution in [0.4, 0.5) is 0 Å². The van der Waals surface area contributed by atoms with Crippen molar-refractivity contribution in [3.05, 3.63) is 29.7 Å². The van der Waals surface area contributed by atoms with Crippen molar-refractivity contribution in [3.63, 3.8) is 0 Å². The van der Waals surface area contributed by atoms with Gasteiger partial charge in [-0.15, -0.1) is 0 Å². The number of hydrogen-bond donors (Lipinski definition) is 0. The first-order chi connectivity index (χ1) is 10.8. The van der Waals surface area contributed by atoms with Crippen LogP contribution in [0.25, 0.3) is 11.4 Å². The molecule has 1 fully saturated rings. The van der Waals surface area contributed by atoms with Crippen LogP contribution in [0.1, 0.15) is 51.3 Å². The molecule has 2 aliphatic rings. The van der Waals surface area contributed by atoms with Gasteiger partial charge in [0.1, 0.15) is 5.82 Å². The molecule has 4 rings (SSSR count). The molecule has 3 nitrogen and oxygen atoms in total. The molecule has 2 atom stereocenters. The molecule has 1 aliphatic heterocycles. The minimum Gasteiger partial charge on any atom is -0.319 e. The van der Waals surface area contributed by atoms with Gasteiger partial charge in [0.2, 0.25) is 0 Å². The van der Waals surface area contributed by atoms with Gasteiger partial charge in [-0.3, -0.25) is 4.98 Å². The standard InChI is InChI=1S/C19H27N3S/c1-12(2)15-10-21-17-16-14(19(4)9-13(19)3)7-8-20-18(16)23(5,6)11-22(15)17/h7-8,10,12-13H,9,11H2,1-6H3. The van der Waals surface area contributed by atoms with Gasteiger partial charge in [-0.1, -0.05) is 27.7 Å². The van der Waals surface area contributed by atoms with Crippen LogP contribution in [-0.4, -0.2) is 27.0 Å². The minimum absolute atomic E-state index is 0.300. The SMILES string of the molecule is CC(C)c1cnc2n1CS(C)(C)c1nccc(C3(C)CC3C)c1-2. The van der Waals surface area contributed by atoms with Crippen LogP contribution in [0.15, 0.2) is 23.5 Å². The Morgan fingerprint density at radius 2 is 2.00 bits per heavy atom. The molecule has 4 heteroatoms. The third-order valence-electron chi connectivity index (χ3n) is 5.87. The molecule has 1 saturated carbocycles. The van der Waals surface area contributed by atoms with Crippen molar-refractivity contribution in [2.24, 2.45) is 5.92 Å². The van der Waals surface area contributed by atoms with Gasteiger partial charge < -0.3 is 4.57 Å². The molecule has 0 bridgehead atoms. The normalized spacial score (nSPS) is 29.1. The lowest BCUT2D eigenvalue weighted by atomic mass is 9.92. The highest BCUT2D eigenvalue weighted by atomic mass is 32.3. The number of pyridine rings is 1. The summed E-state index contributed by atoms with van der Waals surface area (Å²) in [5.74, 6) is 3.45. The van der Waals surface area contributed by atoms with Crippen LogP contribution < -0.4 is 0 Å². The van der Waals surface area contributed by atoms with E-state index in [-0.39, 0.29) is 0 Å². The smallest absolute Gasteiger partial charge is 0.143 e. The Hall–Kier alpha value is -1.29. The zero-order valence-electron chi connectivity index (χ0n) is 15.1. The lowest BCUT2D eigenvalue weighted by molar-refractivity contribution is 0.687. The fraction of sp³-hybridized carbons (Fsp3) is 0.579. The zero-order chi connectivity index (χ0) is 16.6. The van der Waals surface area contributed by atoms with Gasteiger partial charge in [0.05, 0.1) is 16.5 Å². The first-order valence-corrected chi connectivity index (χ1v) is 11.1. The molecule has 1 aliphatic carbocycles. The quantitative estimate of drug-likeness (QED) is 0.795. The largest absolute Gasteiger partial charge is 0.319 e. The van der Waals surface area contributed by atoms with E-state index in [1.165, 1.54) is 28.3 Å². The van der Waals surface area contributed by atoms with Gasteiger partial charge in [0, 0.05) is 18.1 Å². The van der Waals surface area contributed by atoms with E-state index < -0.39 is 10.0 Å². The van der Waals surface area contributed by atoms with Crippen molar-refractivity contribution < 1.29 is 0 Å². The number of nitrogens with zero attached hydrogens (tertiary/aromatic N) is 3. The van der Waals surface area contributed by atoms with E-state index in [9.17, 15) is 0 Å². The van der Waals surface area contributed by atoms with E-state index in [0.717, 1.165) is 17.6 Å². The number of rotatable bonds is 2. The van der Waals surface area contributed by atoms with Crippen molar-refractivity contribution in [3.8, 4) is 11.4 Å². The second-order valence-corrected chi connectivity index (χ2v) is 12.0. The maximum Gasteiger partial charge on any atom is 0.143 e. The Balaban J connectivity index is 2.01. The number of imidazole rings is 1. The highest BCUT2D eigenvalue weighted by Gasteiger charge is 2.50. The summed E-state index contributed by atoms with van der Waals surface area (Å²) in [5, 5.41) is 1.31. The monoisotopic (exact) mass is 329 g/mol. The topological polar surface area (TPSA) is 30.7 Å². The maximum atomic E-state index is 4.85. The van der Waals surface area contributed by atoms with Crippen molar-refractivity contribution in [2.45, 2.75) is 56.4 Å². The molecule has 0 radical (unpaired) electrons. The van der Waals surface area contributed by atoms with Crippen LogP contribution >= 0.6 is 10.0 Å². The van der Waals surface area contributed by atoms with Gasteiger partial charge in [-0.05, 0) is 47.8 Å². The predicted octanol–water partition coefficient (Wildman–Crippen LogP) is 4.76. The first-order valence-electron chi connectivity index (χ1n) is 8.52. The molecule has 2 aromatic heterocycles. The average Bonchev–Trinajstić information content (AvgIpc) is 2.91. The maximum absolute atomic E-state index is 4.85. The van der Waals surface area contributed by atoms with Crippen molar-refractivity contribution in [1.82, 2.24) is 14.5 Å². The fourth-order valence-electron chi connectivity index (χ4n) is 4.07. The molecular weight excluding hydrogens is 302 g/mol. The van der Waals surface area contributed by atoms with Crippen LogP contribution in [-0.2, 0) is 11.3 Å². The minimum atomic E-state index is -0.942. The molecule has 0 amide bonds. The highest BCUT2D eigenvalue weighted by molar-refractivity contribution is 8.32. The molecule has 0 spiro atoms. The van der Waals surface area contributed by atoms with E-state index >= 15 is 0 Å². The van der Waals surface area contributed by atoms with E-state index in [1.54, 1.807) is 0 Å². The van der Waals surface area contributed by atoms with Crippen LogP contribution in [0, 0.1) is 5.92 Å². The number of hydrogen-bond acceptors (Lipinski definition) is 2. The van der Waals surface area contributed by atoms with Gasteiger partial charge in [-0.2, -0.15) is 10.0 Å². The molecule has 0 saturated heterocycles. The molecule has 124 valence electrons. The van der Waals surface area contributed by atoms with Crippen molar-refractivity contribution in [2.75, 3.05) is 12.5 Å². The van der Waals surface area contributed by atoms with Crippen LogP contribution in [0.5, 0.6) is 0 Å². The molecular formula is C19H27N3S. The number of aromatic nitrogens is 3. The zero-order valence-corrected chi connectivity index (χ0v) is 15.9. The van der Waals surface area contributed by atoms with Gasteiger partial charge >= 0.3 is 0 Å². The van der Waals surface area contributed by atoms with Crippen molar-refractivity contribution >= 4 is 10.0 Å². The molecule has 0 aromatic carbocycles. The summed E-state index contributed by atoms with van der Waals surface area (Å²) in [4.78, 5) is 9.68. The Labute approximate surface area is 140 Å². The molecule has 0 N–H and O–H groups in total. The Morgan fingerprint density at radius 3 is 2.61 bits per heavy atom. The van der Waals surface area contributed by atoms with E-state index in [4.69, 9.17) is 9.97 Å². The lowest BCUT2D eigenvalue weighted by Crippen LogP contribution is -2.21. The summed E-state index contributed by atoms with van der Waals surface area (Å²) in [7, 11) is -0.942. The van der Waals surface area contributed by atoms with E-state index in [1.807, 2.05) is 6.20 Å². The van der Waals surface area contributed by atoms with Crippen LogP contribution in [0.2, 0.25) is 0 Å². The second kappa shape index (κ2) is 4.62. The van der Waals surface area contributed by atoms with Gasteiger partial charge in [-0.25, -0.2) is 4.98 Å². The summed E-state index contributed by atoms with van der Waals surface area (Å²) in [6.07, 6.45) is 10.2. The first kappa shape index (κ1) is 15.3. The van der Waals surface area contributed by atoms with Crippen molar-refractivity contribution in [1.29, 1.82) is 0 Å². The average molecular weight is 330 g/mol. The third-order valence-corrected chi connectivity index (χ3v) is 8.13. The predicted molar refractivity (Wildman–Crippen MR) is 98.4 cm³/mol. The summed E-state index contributed by atoms with van der Waals surface area (Å²) < 4.78 is 2.48. The lowest BCUT2D eigenvalue weighted by Gasteiger charge is -2.39. The summed E-state index contributed by atoms with van der Waals surface area (Å²) >= 11 is 0. The second-order valence-electron chi connectivity index (χ2n) is 8.32. The summed E-state index contributed by atoms with van der Waals surface area (Å²) in [6, 6.07) is 2.25.